The lowest BCUT2D eigenvalue weighted by Crippen LogP contribution is -2.03. The molecule has 0 unspecified atom stereocenters. The van der Waals surface area contributed by atoms with E-state index in [1.165, 1.54) is 23.5 Å². The smallest absolute Gasteiger partial charge is 0.298 e. The van der Waals surface area contributed by atoms with Crippen molar-refractivity contribution in [2.45, 2.75) is 11.3 Å². The second-order valence-corrected chi connectivity index (χ2v) is 9.47. The second kappa shape index (κ2) is 7.35. The van der Waals surface area contributed by atoms with Crippen LogP contribution in [0.5, 0.6) is 5.75 Å². The van der Waals surface area contributed by atoms with Gasteiger partial charge in [-0.2, -0.15) is 8.42 Å². The predicted molar refractivity (Wildman–Crippen MR) is 104 cm³/mol. The molecule has 0 saturated carbocycles. The molecule has 0 aliphatic carbocycles. The van der Waals surface area contributed by atoms with Crippen molar-refractivity contribution in [2.75, 3.05) is 7.11 Å². The first kappa shape index (κ1) is 18.2. The molecule has 0 aliphatic heterocycles. The zero-order valence-corrected chi connectivity index (χ0v) is 16.4. The topological polar surface area (TPSA) is 63.6 Å². The Labute approximate surface area is 158 Å². The number of hydrogen-bond acceptors (Lipinski definition) is 6. The van der Waals surface area contributed by atoms with E-state index in [0.29, 0.717) is 6.42 Å². The number of benzene rings is 2. The fraction of sp³-hybridized carbons (Fsp3) is 0.118. The van der Waals surface area contributed by atoms with E-state index >= 15 is 0 Å². The summed E-state index contributed by atoms with van der Waals surface area (Å²) in [6, 6.07) is 14.7. The van der Waals surface area contributed by atoms with Gasteiger partial charge in [-0.3, -0.25) is 4.55 Å². The summed E-state index contributed by atoms with van der Waals surface area (Å²) in [5.41, 5.74) is 2.81. The molecule has 0 spiro atoms. The largest absolute Gasteiger partial charge is 0.495 e. The average molecular weight is 411 g/mol. The zero-order chi connectivity index (χ0) is 18.0. The van der Waals surface area contributed by atoms with Crippen molar-refractivity contribution in [1.82, 2.24) is 0 Å². The Morgan fingerprint density at radius 1 is 1.12 bits per heavy atom. The van der Waals surface area contributed by atoms with Crippen LogP contribution in [0.2, 0.25) is 0 Å². The minimum absolute atomic E-state index is 0.112. The van der Waals surface area contributed by atoms with Crippen LogP contribution in [0.1, 0.15) is 11.1 Å². The van der Waals surface area contributed by atoms with Crippen LogP contribution in [0.4, 0.5) is 0 Å². The quantitative estimate of drug-likeness (QED) is 0.362. The fourth-order valence-corrected chi connectivity index (χ4v) is 6.10. The molecule has 8 heteroatoms. The van der Waals surface area contributed by atoms with Gasteiger partial charge in [-0.1, -0.05) is 69.3 Å². The molecule has 1 aromatic heterocycles. The summed E-state index contributed by atoms with van der Waals surface area (Å²) in [6.07, 6.45) is 0.482. The molecule has 1 heterocycles. The molecule has 0 atom stereocenters. The van der Waals surface area contributed by atoms with E-state index in [9.17, 15) is 13.0 Å². The summed E-state index contributed by atoms with van der Waals surface area (Å²) >= 11 is 5.46. The summed E-state index contributed by atoms with van der Waals surface area (Å²) in [6.45, 7) is 0. The van der Waals surface area contributed by atoms with E-state index in [4.69, 9.17) is 17.0 Å². The van der Waals surface area contributed by atoms with Crippen molar-refractivity contribution >= 4 is 43.0 Å². The third-order valence-electron chi connectivity index (χ3n) is 3.64. The van der Waals surface area contributed by atoms with Gasteiger partial charge in [0.15, 0.2) is 0 Å². The maximum atomic E-state index is 11.6. The lowest BCUT2D eigenvalue weighted by atomic mass is 10.0. The van der Waals surface area contributed by atoms with Crippen molar-refractivity contribution in [2.24, 2.45) is 0 Å². The molecule has 3 rings (SSSR count). The van der Waals surface area contributed by atoms with Gasteiger partial charge in [0, 0.05) is 12.0 Å². The Kier molecular flexibility index (Phi) is 5.35. The van der Waals surface area contributed by atoms with Gasteiger partial charge in [-0.25, -0.2) is 0 Å². The Hall–Kier alpha value is -1.58. The summed E-state index contributed by atoms with van der Waals surface area (Å²) in [4.78, 5) is 0.846. The van der Waals surface area contributed by atoms with E-state index in [0.717, 1.165) is 25.4 Å². The minimum Gasteiger partial charge on any atom is -0.495 e. The van der Waals surface area contributed by atoms with Gasteiger partial charge in [0.05, 0.1) is 12.0 Å². The van der Waals surface area contributed by atoms with Crippen molar-refractivity contribution in [3.05, 3.63) is 63.5 Å². The Morgan fingerprint density at radius 2 is 1.84 bits per heavy atom. The Morgan fingerprint density at radius 3 is 2.48 bits per heavy atom. The van der Waals surface area contributed by atoms with Gasteiger partial charge >= 0.3 is 0 Å². The summed E-state index contributed by atoms with van der Waals surface area (Å²) < 4.78 is 38.4. The van der Waals surface area contributed by atoms with Gasteiger partial charge in [-0.15, -0.1) is 0 Å². The number of hydrogen-bond donors (Lipinski definition) is 1. The second-order valence-electron chi connectivity index (χ2n) is 5.26. The highest BCUT2D eigenvalue weighted by molar-refractivity contribution is 7.86. The molecule has 2 aromatic carbocycles. The van der Waals surface area contributed by atoms with E-state index in [2.05, 4.69) is 0 Å². The first-order chi connectivity index (χ1) is 11.9. The number of ether oxygens (including phenoxy) is 1. The van der Waals surface area contributed by atoms with Crippen LogP contribution in [0.15, 0.2) is 53.4 Å². The van der Waals surface area contributed by atoms with Gasteiger partial charge in [0.2, 0.25) is 0 Å². The predicted octanol–water partition coefficient (Wildman–Crippen LogP) is 5.05. The van der Waals surface area contributed by atoms with Crippen molar-refractivity contribution in [1.29, 1.82) is 0 Å². The molecular formula is C17H14O4S4. The third-order valence-corrected chi connectivity index (χ3v) is 7.71. The monoisotopic (exact) mass is 410 g/mol. The Bertz CT molecular complexity index is 1050. The molecule has 4 nitrogen and oxygen atoms in total. The fourth-order valence-electron chi connectivity index (χ4n) is 2.47. The normalized spacial score (nSPS) is 11.4. The molecular weight excluding hydrogens is 396 g/mol. The molecule has 3 aromatic rings. The maximum Gasteiger partial charge on any atom is 0.298 e. The lowest BCUT2D eigenvalue weighted by molar-refractivity contribution is 0.397. The average Bonchev–Trinajstić information content (AvgIpc) is 2.95. The van der Waals surface area contributed by atoms with Crippen LogP contribution in [0, 0.1) is 3.82 Å². The van der Waals surface area contributed by atoms with Crippen LogP contribution in [0.3, 0.4) is 0 Å². The van der Waals surface area contributed by atoms with Crippen LogP contribution in [0.25, 0.3) is 10.4 Å². The van der Waals surface area contributed by atoms with Crippen molar-refractivity contribution in [3.8, 4) is 16.2 Å². The van der Waals surface area contributed by atoms with Gasteiger partial charge in [0.1, 0.15) is 14.5 Å². The van der Waals surface area contributed by atoms with Gasteiger partial charge in [-0.05, 0) is 23.3 Å². The Balaban J connectivity index is 2.05. The molecule has 0 saturated heterocycles. The zero-order valence-electron chi connectivity index (χ0n) is 13.1. The van der Waals surface area contributed by atoms with Crippen LogP contribution < -0.4 is 4.74 Å². The van der Waals surface area contributed by atoms with Crippen LogP contribution in [-0.4, -0.2) is 20.1 Å². The lowest BCUT2D eigenvalue weighted by Gasteiger charge is -2.09. The minimum atomic E-state index is -4.37. The summed E-state index contributed by atoms with van der Waals surface area (Å²) in [7, 11) is 0.133. The standard InChI is InChI=1S/C17H14O4S4/c1-21-14-8-7-11(10-15(14)25(18,19)20)9-13-16(23-24-17(13)22)12-5-3-2-4-6-12/h2-8,10H,9H2,1H3,(H,18,19,20). The number of rotatable bonds is 5. The first-order valence-corrected chi connectivity index (χ1v) is 11.2. The van der Waals surface area contributed by atoms with E-state index in [1.54, 1.807) is 22.5 Å². The van der Waals surface area contributed by atoms with Gasteiger partial charge in [0.25, 0.3) is 10.1 Å². The summed E-state index contributed by atoms with van der Waals surface area (Å²) in [5.74, 6) is 0.112. The van der Waals surface area contributed by atoms with E-state index in [1.807, 2.05) is 30.3 Å². The molecule has 0 fully saturated rings. The molecule has 25 heavy (non-hydrogen) atoms. The highest BCUT2D eigenvalue weighted by atomic mass is 32.9. The van der Waals surface area contributed by atoms with Crippen molar-refractivity contribution in [3.63, 3.8) is 0 Å². The number of methoxy groups -OCH3 is 1. The van der Waals surface area contributed by atoms with Crippen LogP contribution >= 0.6 is 32.9 Å². The molecule has 0 amide bonds. The maximum absolute atomic E-state index is 11.6. The van der Waals surface area contributed by atoms with E-state index in [-0.39, 0.29) is 10.6 Å². The third kappa shape index (κ3) is 3.99. The van der Waals surface area contributed by atoms with Crippen LogP contribution in [-0.2, 0) is 16.5 Å². The molecule has 0 radical (unpaired) electrons. The molecule has 1 N–H and O–H groups in total. The molecule has 0 bridgehead atoms. The molecule has 0 aliphatic rings. The summed E-state index contributed by atoms with van der Waals surface area (Å²) in [5, 5.41) is 0. The molecule has 130 valence electrons. The highest BCUT2D eigenvalue weighted by Gasteiger charge is 2.18. The SMILES string of the molecule is COc1ccc(Cc2c(-c3ccccc3)ssc2=S)cc1S(=O)(=O)O. The van der Waals surface area contributed by atoms with E-state index < -0.39 is 10.1 Å². The first-order valence-electron chi connectivity index (χ1n) is 7.22. The highest BCUT2D eigenvalue weighted by Crippen LogP contribution is 2.36. The van der Waals surface area contributed by atoms with Gasteiger partial charge < -0.3 is 4.74 Å². The van der Waals surface area contributed by atoms with Crippen molar-refractivity contribution < 1.29 is 17.7 Å².